The molecule has 2 aromatic carbocycles. The second-order valence-corrected chi connectivity index (χ2v) is 10.2. The largest absolute Gasteiger partial charge is 0.767 e. The number of phenols is 2. The predicted molar refractivity (Wildman–Crippen MR) is 144 cm³/mol. The minimum absolute atomic E-state index is 0.00996. The minimum atomic E-state index is -2.36. The maximum absolute atomic E-state index is 13.0. The maximum Gasteiger partial charge on any atom is 0.181 e. The van der Waals surface area contributed by atoms with Gasteiger partial charge in [0.05, 0.1) is 21.4 Å². The molecule has 0 spiro atoms. The smallest absolute Gasteiger partial charge is 0.181 e. The normalized spacial score (nSPS) is 11.0. The van der Waals surface area contributed by atoms with E-state index in [1.54, 1.807) is 25.1 Å². The van der Waals surface area contributed by atoms with Gasteiger partial charge in [-0.2, -0.15) is 0 Å². The molecule has 4 rings (SSSR count). The summed E-state index contributed by atoms with van der Waals surface area (Å²) in [6.07, 6.45) is 1.40. The van der Waals surface area contributed by atoms with Crippen LogP contribution in [0.4, 0.5) is 19.6 Å². The van der Waals surface area contributed by atoms with E-state index in [-0.39, 0.29) is 23.1 Å². The monoisotopic (exact) mass is 613 g/mol. The van der Waals surface area contributed by atoms with Crippen LogP contribution in [0, 0.1) is 18.6 Å². The number of phenolic OH excluding ortho intramolecular Hbond substituents is 2. The summed E-state index contributed by atoms with van der Waals surface area (Å²) in [6.45, 7) is 5.93. The van der Waals surface area contributed by atoms with E-state index in [4.69, 9.17) is 5.73 Å². The number of nitrogens with zero attached hydrogens (tertiary/aromatic N) is 2. The predicted octanol–water partition coefficient (Wildman–Crippen LogP) is 6.11. The van der Waals surface area contributed by atoms with Crippen LogP contribution in [0.5, 0.6) is 11.5 Å². The summed E-state index contributed by atoms with van der Waals surface area (Å²) in [4.78, 5) is 7.85. The number of hydrogen-bond acceptors (Lipinski definition) is 9. The molecular weight excluding hydrogens is 590 g/mol. The molecule has 2 aromatic heterocycles. The lowest BCUT2D eigenvalue weighted by Gasteiger charge is -2.12. The number of aromatic nitrogens is 2. The van der Waals surface area contributed by atoms with Crippen LogP contribution < -0.4 is 11.1 Å². The van der Waals surface area contributed by atoms with E-state index in [2.05, 4.69) is 31.2 Å². The fraction of sp³-hybridized carbons (Fsp3) is 0.167. The molecular formula is C24H24BrF2N4O4S2-. The highest BCUT2D eigenvalue weighted by Gasteiger charge is 2.12. The summed E-state index contributed by atoms with van der Waals surface area (Å²) in [5.74, 6) is -2.14. The van der Waals surface area contributed by atoms with E-state index >= 15 is 0 Å². The van der Waals surface area contributed by atoms with Crippen molar-refractivity contribution < 1.29 is 27.8 Å². The molecule has 0 aliphatic rings. The van der Waals surface area contributed by atoms with Gasteiger partial charge in [-0.25, -0.2) is 18.7 Å². The molecule has 1 atom stereocenters. The zero-order valence-corrected chi connectivity index (χ0v) is 23.2. The number of nitrogens with two attached hydrogens (primary N) is 1. The first-order chi connectivity index (χ1) is 17.6. The fourth-order valence-electron chi connectivity index (χ4n) is 2.89. The van der Waals surface area contributed by atoms with Crippen molar-refractivity contribution in [1.82, 2.24) is 9.97 Å². The lowest BCUT2D eigenvalue weighted by Crippen LogP contribution is -2.03. The second kappa shape index (κ2) is 14.0. The van der Waals surface area contributed by atoms with E-state index in [0.717, 1.165) is 12.1 Å². The van der Waals surface area contributed by atoms with Crippen molar-refractivity contribution in [2.24, 2.45) is 0 Å². The number of para-hydroxylation sites is 1. The molecule has 37 heavy (non-hydrogen) atoms. The molecule has 0 radical (unpaired) electrons. The van der Waals surface area contributed by atoms with Gasteiger partial charge in [0, 0.05) is 17.7 Å². The van der Waals surface area contributed by atoms with Crippen LogP contribution in [-0.2, 0) is 17.6 Å². The molecule has 5 N–H and O–H groups in total. The van der Waals surface area contributed by atoms with Crippen molar-refractivity contribution in [3.63, 3.8) is 0 Å². The van der Waals surface area contributed by atoms with E-state index < -0.39 is 22.7 Å². The third-order valence-corrected chi connectivity index (χ3v) is 6.84. The highest BCUT2D eigenvalue weighted by atomic mass is 79.9. The number of pyridine rings is 1. The zero-order valence-electron chi connectivity index (χ0n) is 20.0. The Balaban J connectivity index is 0.000000252. The number of aromatic hydroxyl groups is 2. The average Bonchev–Trinajstić information content (AvgIpc) is 3.21. The van der Waals surface area contributed by atoms with Gasteiger partial charge in [-0.05, 0) is 69.8 Å². The summed E-state index contributed by atoms with van der Waals surface area (Å²) in [5, 5.41) is 22.4. The van der Waals surface area contributed by atoms with Crippen molar-refractivity contribution in [2.45, 2.75) is 32.3 Å². The van der Waals surface area contributed by atoms with Gasteiger partial charge in [-0.15, -0.1) is 0 Å². The van der Waals surface area contributed by atoms with Gasteiger partial charge in [-0.3, -0.25) is 4.21 Å². The van der Waals surface area contributed by atoms with Crippen molar-refractivity contribution in [1.29, 1.82) is 0 Å². The second-order valence-electron chi connectivity index (χ2n) is 7.02. The summed E-state index contributed by atoms with van der Waals surface area (Å²) >= 11 is 2.14. The van der Waals surface area contributed by atoms with Crippen molar-refractivity contribution in [3.05, 3.63) is 75.2 Å². The minimum Gasteiger partial charge on any atom is -0.767 e. The molecule has 0 fully saturated rings. The SMILES string of the molecule is CC.Cc1cc(NCc2cccc(O)c2O)cnc1S(=O)[O-].Nc1nc(-c2ccc(F)c(F)c2)c(Br)s1. The molecule has 0 bridgehead atoms. The topological polar surface area (TPSA) is 144 Å². The van der Waals surface area contributed by atoms with Crippen LogP contribution in [-0.4, -0.2) is 28.9 Å². The van der Waals surface area contributed by atoms with Gasteiger partial charge in [-0.1, -0.05) is 37.3 Å². The van der Waals surface area contributed by atoms with Gasteiger partial charge >= 0.3 is 0 Å². The molecule has 1 unspecified atom stereocenters. The van der Waals surface area contributed by atoms with Crippen LogP contribution in [0.15, 0.2) is 57.5 Å². The molecule has 8 nitrogen and oxygen atoms in total. The third kappa shape index (κ3) is 8.18. The zero-order chi connectivity index (χ0) is 27.7. The van der Waals surface area contributed by atoms with Crippen LogP contribution in [0.25, 0.3) is 11.3 Å². The molecule has 0 amide bonds. The highest BCUT2D eigenvalue weighted by Crippen LogP contribution is 2.34. The first kappa shape index (κ1) is 30.1. The summed E-state index contributed by atoms with van der Waals surface area (Å²) in [5.41, 5.74) is 8.20. The Morgan fingerprint density at radius 3 is 2.43 bits per heavy atom. The first-order valence-electron chi connectivity index (χ1n) is 10.7. The number of benzene rings is 2. The summed E-state index contributed by atoms with van der Waals surface area (Å²) < 4.78 is 48.1. The highest BCUT2D eigenvalue weighted by molar-refractivity contribution is 9.11. The number of aryl methyl sites for hydroxylation is 1. The number of hydrogen-bond donors (Lipinski definition) is 4. The van der Waals surface area contributed by atoms with E-state index in [9.17, 15) is 27.8 Å². The van der Waals surface area contributed by atoms with Gasteiger partial charge in [0.25, 0.3) is 0 Å². The van der Waals surface area contributed by atoms with Crippen LogP contribution in [0.2, 0.25) is 0 Å². The number of nitrogen functional groups attached to an aromatic ring is 1. The summed E-state index contributed by atoms with van der Waals surface area (Å²) in [7, 11) is 0. The Bertz CT molecular complexity index is 1390. The number of halogens is 3. The maximum atomic E-state index is 13.0. The van der Waals surface area contributed by atoms with Crippen LogP contribution in [0.1, 0.15) is 25.0 Å². The Labute approximate surface area is 227 Å². The van der Waals surface area contributed by atoms with E-state index in [1.165, 1.54) is 29.7 Å². The van der Waals surface area contributed by atoms with Crippen molar-refractivity contribution >= 4 is 49.2 Å². The van der Waals surface area contributed by atoms with E-state index in [1.807, 2.05) is 13.8 Å². The molecule has 198 valence electrons. The van der Waals surface area contributed by atoms with Crippen molar-refractivity contribution in [3.8, 4) is 22.8 Å². The molecule has 13 heteroatoms. The van der Waals surface area contributed by atoms with Gasteiger partial charge in [0.2, 0.25) is 0 Å². The Morgan fingerprint density at radius 1 is 1.16 bits per heavy atom. The fourth-order valence-corrected chi connectivity index (χ4v) is 4.75. The molecule has 0 aliphatic carbocycles. The average molecular weight is 615 g/mol. The molecule has 2 heterocycles. The third-order valence-electron chi connectivity index (χ3n) is 4.56. The van der Waals surface area contributed by atoms with Gasteiger partial charge < -0.3 is 25.8 Å². The van der Waals surface area contributed by atoms with Gasteiger partial charge in [0.1, 0.15) is 5.03 Å². The Kier molecular flexibility index (Phi) is 11.4. The quantitative estimate of drug-likeness (QED) is 0.156. The Morgan fingerprint density at radius 2 is 1.86 bits per heavy atom. The molecule has 0 aliphatic heterocycles. The number of thiazole rings is 1. The number of anilines is 2. The number of rotatable bonds is 5. The van der Waals surface area contributed by atoms with Crippen LogP contribution in [0.3, 0.4) is 0 Å². The van der Waals surface area contributed by atoms with Gasteiger partial charge in [0.15, 0.2) is 28.3 Å². The lowest BCUT2D eigenvalue weighted by atomic mass is 10.2. The lowest BCUT2D eigenvalue weighted by molar-refractivity contribution is 0.400. The molecule has 0 saturated heterocycles. The van der Waals surface area contributed by atoms with Crippen LogP contribution >= 0.6 is 27.3 Å². The summed E-state index contributed by atoms with van der Waals surface area (Å²) in [6, 6.07) is 9.95. The number of nitrogens with one attached hydrogen (secondary N) is 1. The van der Waals surface area contributed by atoms with Crippen molar-refractivity contribution in [2.75, 3.05) is 11.1 Å². The first-order valence-corrected chi connectivity index (χ1v) is 13.4. The molecule has 4 aromatic rings. The molecule has 0 saturated carbocycles. The van der Waals surface area contributed by atoms with E-state index in [0.29, 0.717) is 37.0 Å². The standard InChI is InChI=1S/C13H14N2O4S.C9H5BrF2N2S.C2H6/c1-8-5-10(7-15-13(8)20(18)19)14-6-9-3-2-4-11(16)12(9)17;10-8-7(14-9(13)15-8)4-1-2-5(11)6(12)3-4;1-2/h2-5,7,14,16-17H,6H2,1H3,(H,18,19);1-3H,(H2,13,14);1-2H3/p-1. The Hall–Kier alpha value is -3.13.